The molecule has 0 radical (unpaired) electrons. The van der Waals surface area contributed by atoms with Crippen LogP contribution in [0.25, 0.3) is 0 Å². The lowest BCUT2D eigenvalue weighted by Gasteiger charge is -2.24. The lowest BCUT2D eigenvalue weighted by atomic mass is 10.1. The minimum absolute atomic E-state index is 0.0817. The lowest BCUT2D eigenvalue weighted by Crippen LogP contribution is -2.42. The number of methoxy groups -OCH3 is 1. The Bertz CT molecular complexity index is 848. The van der Waals surface area contributed by atoms with E-state index >= 15 is 0 Å². The molecular weight excluding hydrogens is 384 g/mol. The van der Waals surface area contributed by atoms with Gasteiger partial charge in [-0.3, -0.25) is 10.1 Å². The second kappa shape index (κ2) is 11.2. The van der Waals surface area contributed by atoms with Crippen molar-refractivity contribution in [1.82, 2.24) is 10.6 Å². The SMILES string of the molecule is COc1cccc(CN=C(NCc2ccc([N+](=O)[O-])cc2)NCC2CCCCO2)c1. The van der Waals surface area contributed by atoms with Gasteiger partial charge in [0.1, 0.15) is 5.75 Å². The molecule has 1 aliphatic heterocycles. The Morgan fingerprint density at radius 2 is 2.03 bits per heavy atom. The van der Waals surface area contributed by atoms with Crippen LogP contribution in [0.3, 0.4) is 0 Å². The average molecular weight is 412 g/mol. The normalized spacial score (nSPS) is 16.7. The van der Waals surface area contributed by atoms with Crippen molar-refractivity contribution in [3.05, 3.63) is 69.8 Å². The molecule has 3 rings (SSSR count). The third-order valence-corrected chi connectivity index (χ3v) is 4.93. The van der Waals surface area contributed by atoms with Gasteiger partial charge in [-0.2, -0.15) is 0 Å². The summed E-state index contributed by atoms with van der Waals surface area (Å²) >= 11 is 0. The number of hydrogen-bond donors (Lipinski definition) is 2. The van der Waals surface area contributed by atoms with Crippen molar-refractivity contribution >= 4 is 11.6 Å². The summed E-state index contributed by atoms with van der Waals surface area (Å²) in [6, 6.07) is 14.3. The molecule has 2 aromatic carbocycles. The van der Waals surface area contributed by atoms with Crippen LogP contribution in [0.15, 0.2) is 53.5 Å². The summed E-state index contributed by atoms with van der Waals surface area (Å²) < 4.78 is 11.1. The van der Waals surface area contributed by atoms with Gasteiger partial charge < -0.3 is 20.1 Å². The van der Waals surface area contributed by atoms with Crippen LogP contribution in [0.2, 0.25) is 0 Å². The van der Waals surface area contributed by atoms with Crippen molar-refractivity contribution in [2.45, 2.75) is 38.5 Å². The van der Waals surface area contributed by atoms with E-state index in [2.05, 4.69) is 15.6 Å². The first-order chi connectivity index (χ1) is 14.6. The Morgan fingerprint density at radius 3 is 2.73 bits per heavy atom. The highest BCUT2D eigenvalue weighted by Crippen LogP contribution is 2.14. The summed E-state index contributed by atoms with van der Waals surface area (Å²) in [5.41, 5.74) is 2.06. The molecule has 0 aliphatic carbocycles. The van der Waals surface area contributed by atoms with Gasteiger partial charge in [-0.05, 0) is 42.5 Å². The highest BCUT2D eigenvalue weighted by atomic mass is 16.6. The number of guanidine groups is 1. The fourth-order valence-corrected chi connectivity index (χ4v) is 3.22. The summed E-state index contributed by atoms with van der Waals surface area (Å²) in [6.45, 7) is 2.49. The Morgan fingerprint density at radius 1 is 1.20 bits per heavy atom. The average Bonchev–Trinajstić information content (AvgIpc) is 2.79. The highest BCUT2D eigenvalue weighted by molar-refractivity contribution is 5.79. The number of nitrogens with one attached hydrogen (secondary N) is 2. The first-order valence-corrected chi connectivity index (χ1v) is 10.1. The van der Waals surface area contributed by atoms with Crippen molar-refractivity contribution in [3.63, 3.8) is 0 Å². The first-order valence-electron chi connectivity index (χ1n) is 10.1. The van der Waals surface area contributed by atoms with Crippen LogP contribution >= 0.6 is 0 Å². The molecule has 1 unspecified atom stereocenters. The Hall–Kier alpha value is -3.13. The zero-order valence-corrected chi connectivity index (χ0v) is 17.2. The zero-order chi connectivity index (χ0) is 21.2. The Balaban J connectivity index is 1.63. The largest absolute Gasteiger partial charge is 0.497 e. The van der Waals surface area contributed by atoms with Crippen LogP contribution < -0.4 is 15.4 Å². The van der Waals surface area contributed by atoms with E-state index < -0.39 is 4.92 Å². The van der Waals surface area contributed by atoms with Crippen LogP contribution in [-0.4, -0.2) is 37.2 Å². The van der Waals surface area contributed by atoms with E-state index in [9.17, 15) is 10.1 Å². The molecule has 0 aromatic heterocycles. The molecule has 0 bridgehead atoms. The molecule has 160 valence electrons. The monoisotopic (exact) mass is 412 g/mol. The predicted octanol–water partition coefficient (Wildman–Crippen LogP) is 3.41. The molecule has 8 nitrogen and oxygen atoms in total. The predicted molar refractivity (Wildman–Crippen MR) is 116 cm³/mol. The number of aliphatic imine (C=N–C) groups is 1. The summed E-state index contributed by atoms with van der Waals surface area (Å²) in [5, 5.41) is 17.5. The van der Waals surface area contributed by atoms with E-state index in [1.807, 2.05) is 24.3 Å². The van der Waals surface area contributed by atoms with E-state index in [4.69, 9.17) is 9.47 Å². The molecule has 1 atom stereocenters. The topological polar surface area (TPSA) is 98.0 Å². The number of ether oxygens (including phenoxy) is 2. The number of nitro groups is 1. The summed E-state index contributed by atoms with van der Waals surface area (Å²) in [6.07, 6.45) is 3.52. The molecule has 0 amide bonds. The van der Waals surface area contributed by atoms with E-state index in [1.165, 1.54) is 18.6 Å². The lowest BCUT2D eigenvalue weighted by molar-refractivity contribution is -0.384. The van der Waals surface area contributed by atoms with Gasteiger partial charge >= 0.3 is 0 Å². The maximum absolute atomic E-state index is 10.8. The van der Waals surface area contributed by atoms with Gasteiger partial charge in [-0.1, -0.05) is 24.3 Å². The molecule has 8 heteroatoms. The third-order valence-electron chi connectivity index (χ3n) is 4.93. The fraction of sp³-hybridized carbons (Fsp3) is 0.409. The maximum Gasteiger partial charge on any atom is 0.269 e. The fourth-order valence-electron chi connectivity index (χ4n) is 3.22. The standard InChI is InChI=1S/C22H28N4O4/c1-29-20-7-4-5-18(13-20)15-24-22(25-16-21-6-2-3-12-30-21)23-14-17-8-10-19(11-9-17)26(27)28/h4-5,7-11,13,21H,2-3,6,12,14-16H2,1H3,(H2,23,24,25). The van der Waals surface area contributed by atoms with Gasteiger partial charge in [0.2, 0.25) is 0 Å². The van der Waals surface area contributed by atoms with Gasteiger partial charge in [0, 0.05) is 31.8 Å². The van der Waals surface area contributed by atoms with Gasteiger partial charge in [0.15, 0.2) is 5.96 Å². The number of rotatable bonds is 8. The minimum Gasteiger partial charge on any atom is -0.497 e. The molecular formula is C22H28N4O4. The molecule has 1 fully saturated rings. The molecule has 2 aromatic rings. The van der Waals surface area contributed by atoms with Crippen LogP contribution in [0.4, 0.5) is 5.69 Å². The smallest absolute Gasteiger partial charge is 0.269 e. The van der Waals surface area contributed by atoms with E-state index in [0.29, 0.717) is 25.6 Å². The van der Waals surface area contributed by atoms with Crippen molar-refractivity contribution in [2.75, 3.05) is 20.3 Å². The van der Waals surface area contributed by atoms with E-state index in [0.717, 1.165) is 36.3 Å². The quantitative estimate of drug-likeness (QED) is 0.298. The molecule has 1 aliphatic rings. The third kappa shape index (κ3) is 6.73. The second-order valence-electron chi connectivity index (χ2n) is 7.16. The van der Waals surface area contributed by atoms with Crippen LogP contribution in [0.5, 0.6) is 5.75 Å². The van der Waals surface area contributed by atoms with Crippen molar-refractivity contribution in [1.29, 1.82) is 0 Å². The zero-order valence-electron chi connectivity index (χ0n) is 17.2. The van der Waals surface area contributed by atoms with Crippen molar-refractivity contribution in [3.8, 4) is 5.75 Å². The number of hydrogen-bond acceptors (Lipinski definition) is 5. The van der Waals surface area contributed by atoms with Gasteiger partial charge in [-0.15, -0.1) is 0 Å². The molecule has 1 heterocycles. The van der Waals surface area contributed by atoms with Crippen molar-refractivity contribution in [2.24, 2.45) is 4.99 Å². The molecule has 2 N–H and O–H groups in total. The van der Waals surface area contributed by atoms with Gasteiger partial charge in [0.05, 0.1) is 24.7 Å². The highest BCUT2D eigenvalue weighted by Gasteiger charge is 2.14. The number of nitrogens with zero attached hydrogens (tertiary/aromatic N) is 2. The Kier molecular flexibility index (Phi) is 8.02. The van der Waals surface area contributed by atoms with E-state index in [1.54, 1.807) is 19.2 Å². The number of non-ortho nitro benzene ring substituents is 1. The maximum atomic E-state index is 10.8. The van der Waals surface area contributed by atoms with Crippen LogP contribution in [0.1, 0.15) is 30.4 Å². The molecule has 30 heavy (non-hydrogen) atoms. The number of benzene rings is 2. The summed E-state index contributed by atoms with van der Waals surface area (Å²) in [5.74, 6) is 1.47. The van der Waals surface area contributed by atoms with Crippen LogP contribution in [-0.2, 0) is 17.8 Å². The summed E-state index contributed by atoms with van der Waals surface area (Å²) in [4.78, 5) is 15.1. The molecule has 0 saturated carbocycles. The molecule has 0 spiro atoms. The van der Waals surface area contributed by atoms with Gasteiger partial charge in [-0.25, -0.2) is 4.99 Å². The second-order valence-corrected chi connectivity index (χ2v) is 7.16. The first kappa shape index (κ1) is 21.6. The van der Waals surface area contributed by atoms with Gasteiger partial charge in [0.25, 0.3) is 5.69 Å². The van der Waals surface area contributed by atoms with Crippen LogP contribution in [0, 0.1) is 10.1 Å². The minimum atomic E-state index is -0.399. The molecule has 1 saturated heterocycles. The summed E-state index contributed by atoms with van der Waals surface area (Å²) in [7, 11) is 1.64. The Labute approximate surface area is 176 Å². The van der Waals surface area contributed by atoms with Crippen molar-refractivity contribution < 1.29 is 14.4 Å². The van der Waals surface area contributed by atoms with E-state index in [-0.39, 0.29) is 11.8 Å². The number of nitro benzene ring substituents is 1.